The Morgan fingerprint density at radius 3 is 2.95 bits per heavy atom. The number of amides is 3. The molecule has 0 saturated heterocycles. The van der Waals surface area contributed by atoms with Gasteiger partial charge in [-0.05, 0) is 25.0 Å². The summed E-state index contributed by atoms with van der Waals surface area (Å²) in [6, 6.07) is 7.77. The number of urea groups is 1. The number of carbonyl (C=O) groups is 2. The summed E-state index contributed by atoms with van der Waals surface area (Å²) < 4.78 is 0. The molecule has 0 aromatic heterocycles. The molecule has 0 bridgehead atoms. The number of hydrogen-bond acceptors (Lipinski definition) is 3. The Morgan fingerprint density at radius 1 is 1.33 bits per heavy atom. The third-order valence-electron chi connectivity index (χ3n) is 3.98. The topological polar surface area (TPSA) is 65.0 Å². The minimum absolute atomic E-state index is 0.0656. The fourth-order valence-electron chi connectivity index (χ4n) is 2.81. The van der Waals surface area contributed by atoms with Crippen LogP contribution in [-0.4, -0.2) is 48.3 Å². The van der Waals surface area contributed by atoms with Crippen molar-refractivity contribution >= 4 is 23.5 Å². The van der Waals surface area contributed by atoms with Gasteiger partial charge >= 0.3 is 6.03 Å². The van der Waals surface area contributed by atoms with Crippen LogP contribution in [-0.2, 0) is 4.79 Å². The first-order valence-electron chi connectivity index (χ1n) is 7.26. The van der Waals surface area contributed by atoms with E-state index in [-0.39, 0.29) is 18.5 Å². The second-order valence-corrected chi connectivity index (χ2v) is 5.58. The minimum atomic E-state index is -0.157. The van der Waals surface area contributed by atoms with Gasteiger partial charge in [0.05, 0.1) is 12.2 Å². The predicted molar refractivity (Wildman–Crippen MR) is 78.5 cm³/mol. The number of carbonyl (C=O) groups excluding carboxylic acids is 2. The highest BCUT2D eigenvalue weighted by Crippen LogP contribution is 2.30. The highest BCUT2D eigenvalue weighted by Gasteiger charge is 2.38. The quantitative estimate of drug-likeness (QED) is 0.898. The van der Waals surface area contributed by atoms with Gasteiger partial charge in [-0.25, -0.2) is 4.79 Å². The molecule has 0 spiro atoms. The van der Waals surface area contributed by atoms with E-state index in [1.807, 2.05) is 24.3 Å². The monoisotopic (exact) mass is 284 g/mol. The Kier molecular flexibility index (Phi) is 2.70. The number of hydrogen-bond donors (Lipinski definition) is 1. The SMILES string of the molecule is O=C(CN1C(=O)N2CCN=C2c2ccccc21)NC1CC1. The minimum Gasteiger partial charge on any atom is -0.352 e. The number of para-hydroxylation sites is 1. The summed E-state index contributed by atoms with van der Waals surface area (Å²) in [6.45, 7) is 1.27. The van der Waals surface area contributed by atoms with E-state index >= 15 is 0 Å². The molecular weight excluding hydrogens is 268 g/mol. The van der Waals surface area contributed by atoms with E-state index in [4.69, 9.17) is 0 Å². The molecule has 1 saturated carbocycles. The van der Waals surface area contributed by atoms with Gasteiger partial charge in [-0.2, -0.15) is 0 Å². The van der Waals surface area contributed by atoms with E-state index in [2.05, 4.69) is 10.3 Å². The number of amidine groups is 1. The number of aliphatic imine (C=N–C) groups is 1. The third kappa shape index (κ3) is 2.07. The first kappa shape index (κ1) is 12.4. The molecule has 0 radical (unpaired) electrons. The van der Waals surface area contributed by atoms with Crippen LogP contribution in [0, 0.1) is 0 Å². The summed E-state index contributed by atoms with van der Waals surface area (Å²) in [5, 5.41) is 2.93. The van der Waals surface area contributed by atoms with E-state index in [0.29, 0.717) is 19.1 Å². The molecule has 6 heteroatoms. The number of nitrogens with one attached hydrogen (secondary N) is 1. The van der Waals surface area contributed by atoms with Crippen molar-refractivity contribution in [2.45, 2.75) is 18.9 Å². The lowest BCUT2D eigenvalue weighted by Crippen LogP contribution is -2.52. The molecule has 108 valence electrons. The molecule has 0 unspecified atom stereocenters. The highest BCUT2D eigenvalue weighted by atomic mass is 16.2. The molecule has 2 heterocycles. The first-order valence-corrected chi connectivity index (χ1v) is 7.26. The van der Waals surface area contributed by atoms with Crippen molar-refractivity contribution in [1.29, 1.82) is 0 Å². The van der Waals surface area contributed by atoms with Gasteiger partial charge in [0, 0.05) is 18.2 Å². The average Bonchev–Trinajstić information content (AvgIpc) is 3.15. The molecule has 21 heavy (non-hydrogen) atoms. The van der Waals surface area contributed by atoms with Crippen LogP contribution in [0.2, 0.25) is 0 Å². The average molecular weight is 284 g/mol. The van der Waals surface area contributed by atoms with Gasteiger partial charge in [0.25, 0.3) is 0 Å². The largest absolute Gasteiger partial charge is 0.352 e. The van der Waals surface area contributed by atoms with E-state index < -0.39 is 0 Å². The van der Waals surface area contributed by atoms with Crippen molar-refractivity contribution in [3.8, 4) is 0 Å². The van der Waals surface area contributed by atoms with Crippen LogP contribution in [0.4, 0.5) is 10.5 Å². The van der Waals surface area contributed by atoms with Crippen LogP contribution in [0.1, 0.15) is 18.4 Å². The van der Waals surface area contributed by atoms with Gasteiger partial charge in [0.1, 0.15) is 12.4 Å². The Morgan fingerprint density at radius 2 is 2.14 bits per heavy atom. The van der Waals surface area contributed by atoms with E-state index in [9.17, 15) is 9.59 Å². The number of rotatable bonds is 3. The Labute approximate surface area is 122 Å². The zero-order chi connectivity index (χ0) is 14.4. The zero-order valence-electron chi connectivity index (χ0n) is 11.6. The van der Waals surface area contributed by atoms with E-state index in [0.717, 1.165) is 29.9 Å². The van der Waals surface area contributed by atoms with Gasteiger partial charge in [0.2, 0.25) is 5.91 Å². The molecule has 1 aromatic rings. The molecule has 1 aromatic carbocycles. The van der Waals surface area contributed by atoms with Crippen LogP contribution in [0.5, 0.6) is 0 Å². The molecule has 3 amide bonds. The van der Waals surface area contributed by atoms with Crippen LogP contribution >= 0.6 is 0 Å². The Bertz CT molecular complexity index is 651. The summed E-state index contributed by atoms with van der Waals surface area (Å²) in [5.74, 6) is 0.634. The summed E-state index contributed by atoms with van der Waals surface area (Å²) >= 11 is 0. The van der Waals surface area contributed by atoms with Crippen LogP contribution in [0.3, 0.4) is 0 Å². The fourth-order valence-corrected chi connectivity index (χ4v) is 2.81. The number of fused-ring (bicyclic) bond motifs is 3. The third-order valence-corrected chi connectivity index (χ3v) is 3.98. The van der Waals surface area contributed by atoms with Crippen molar-refractivity contribution in [2.75, 3.05) is 24.5 Å². The van der Waals surface area contributed by atoms with Crippen molar-refractivity contribution < 1.29 is 9.59 Å². The maximum Gasteiger partial charge on any atom is 0.330 e. The van der Waals surface area contributed by atoms with Crippen molar-refractivity contribution in [2.24, 2.45) is 4.99 Å². The molecule has 4 rings (SSSR count). The normalized spacial score (nSPS) is 20.0. The Balaban J connectivity index is 1.66. The van der Waals surface area contributed by atoms with E-state index in [1.165, 1.54) is 0 Å². The predicted octanol–water partition coefficient (Wildman–Crippen LogP) is 0.967. The number of benzene rings is 1. The molecular formula is C15H16N4O2. The van der Waals surface area contributed by atoms with Gasteiger partial charge < -0.3 is 5.32 Å². The van der Waals surface area contributed by atoms with Crippen LogP contribution in [0.25, 0.3) is 0 Å². The highest BCUT2D eigenvalue weighted by molar-refractivity contribution is 6.20. The zero-order valence-corrected chi connectivity index (χ0v) is 11.6. The molecule has 3 aliphatic rings. The maximum absolute atomic E-state index is 12.6. The number of nitrogens with zero attached hydrogens (tertiary/aromatic N) is 3. The van der Waals surface area contributed by atoms with Crippen LogP contribution in [0.15, 0.2) is 29.3 Å². The van der Waals surface area contributed by atoms with Gasteiger partial charge in [0.15, 0.2) is 0 Å². The lowest BCUT2D eigenvalue weighted by molar-refractivity contribution is -0.119. The number of anilines is 1. The van der Waals surface area contributed by atoms with Gasteiger partial charge in [-0.3, -0.25) is 19.6 Å². The molecule has 1 fully saturated rings. The van der Waals surface area contributed by atoms with Gasteiger partial charge in [-0.1, -0.05) is 12.1 Å². The molecule has 6 nitrogen and oxygen atoms in total. The standard InChI is InChI=1S/C15H16N4O2/c20-13(17-10-5-6-10)9-19-12-4-2-1-3-11(12)14-16-7-8-18(14)15(19)21/h1-4,10H,5-9H2,(H,17,20). The van der Waals surface area contributed by atoms with Crippen molar-refractivity contribution in [1.82, 2.24) is 10.2 Å². The Hall–Kier alpha value is -2.37. The second-order valence-electron chi connectivity index (χ2n) is 5.58. The van der Waals surface area contributed by atoms with Gasteiger partial charge in [-0.15, -0.1) is 0 Å². The van der Waals surface area contributed by atoms with Crippen molar-refractivity contribution in [3.05, 3.63) is 29.8 Å². The second kappa shape index (κ2) is 4.58. The lowest BCUT2D eigenvalue weighted by atomic mass is 10.1. The lowest BCUT2D eigenvalue weighted by Gasteiger charge is -2.34. The smallest absolute Gasteiger partial charge is 0.330 e. The maximum atomic E-state index is 12.6. The van der Waals surface area contributed by atoms with Crippen molar-refractivity contribution in [3.63, 3.8) is 0 Å². The summed E-state index contributed by atoms with van der Waals surface area (Å²) in [5.41, 5.74) is 1.69. The molecule has 1 N–H and O–H groups in total. The summed E-state index contributed by atoms with van der Waals surface area (Å²) in [6.07, 6.45) is 2.08. The molecule has 1 aliphatic carbocycles. The summed E-state index contributed by atoms with van der Waals surface area (Å²) in [7, 11) is 0. The van der Waals surface area contributed by atoms with Crippen LogP contribution < -0.4 is 10.2 Å². The first-order chi connectivity index (χ1) is 10.2. The molecule has 2 aliphatic heterocycles. The fraction of sp³-hybridized carbons (Fsp3) is 0.400. The van der Waals surface area contributed by atoms with E-state index in [1.54, 1.807) is 9.80 Å². The molecule has 0 atom stereocenters. The summed E-state index contributed by atoms with van der Waals surface area (Å²) in [4.78, 5) is 32.3.